The molecule has 0 unspecified atom stereocenters. The highest BCUT2D eigenvalue weighted by molar-refractivity contribution is 5.84. The largest absolute Gasteiger partial charge is 0.392 e. The van der Waals surface area contributed by atoms with Crippen molar-refractivity contribution in [3.8, 4) is 0 Å². The minimum Gasteiger partial charge on any atom is -0.392 e. The molecular weight excluding hydrogens is 809 g/mol. The maximum absolute atomic E-state index is 14.7. The fraction of sp³-hybridized carbons (Fsp3) is 0.796. The molecule has 5 aliphatic heterocycles. The molecule has 5 heterocycles. The molecule has 0 radical (unpaired) electrons. The number of amides is 1. The maximum Gasteiger partial charge on any atom is 0.269 e. The van der Waals surface area contributed by atoms with Crippen LogP contribution in [0.25, 0.3) is 0 Å². The number of nitro benzene ring substituents is 1. The van der Waals surface area contributed by atoms with Gasteiger partial charge in [-0.15, -0.1) is 0 Å². The number of nitro groups is 1. The van der Waals surface area contributed by atoms with Crippen LogP contribution in [0.1, 0.15) is 139 Å². The van der Waals surface area contributed by atoms with Gasteiger partial charge in [0.1, 0.15) is 11.9 Å². The lowest BCUT2D eigenvalue weighted by Gasteiger charge is -2.54. The third kappa shape index (κ3) is 9.85. The molecule has 0 aliphatic carbocycles. The van der Waals surface area contributed by atoms with Crippen LogP contribution in [0, 0.1) is 51.5 Å². The summed E-state index contributed by atoms with van der Waals surface area (Å²) >= 11 is 0. The normalized spacial score (nSPS) is 40.6. The number of non-ortho nitro benzene ring substituents is 1. The van der Waals surface area contributed by atoms with Crippen LogP contribution in [0.3, 0.4) is 0 Å². The Hall–Kier alpha value is -2.82. The standard InChI is InChI=1S/C49H76N2O12/c1-11-36(45(55)50-27-34-15-17-35(18-16-34)51(57)58)38-19-14-28(4)43(60-38)32(8)41(53)31(7)42(54)37(12-2)44-29(5)26-30(6)48(61-44)23-20-39(52)49(63-48)25-24-46(10,62-49)40-21-22-47(56,13-3)33(9)59-40/h15-18,20,23,28-33,36-41,43-44,52-53,56H,11-14,19,21-22,24-27H2,1-10H3,(H,50,55)/t28-,29-,30+,31-,32-,33-,36+,37-,38+,39+,40+,41+,43+,44-,46-,47+,48+,49+/m0/s1. The first kappa shape index (κ1) is 49.6. The first-order valence-corrected chi connectivity index (χ1v) is 23.9. The van der Waals surface area contributed by atoms with Gasteiger partial charge >= 0.3 is 0 Å². The lowest BCUT2D eigenvalue weighted by Crippen LogP contribution is -2.63. The van der Waals surface area contributed by atoms with Gasteiger partial charge in [0, 0.05) is 48.8 Å². The van der Waals surface area contributed by atoms with Crippen LogP contribution in [0.5, 0.6) is 0 Å². The van der Waals surface area contributed by atoms with Crippen molar-refractivity contribution in [2.45, 2.75) is 205 Å². The monoisotopic (exact) mass is 885 g/mol. The molecule has 2 spiro atoms. The van der Waals surface area contributed by atoms with Gasteiger partial charge in [-0.05, 0) is 101 Å². The van der Waals surface area contributed by atoms with E-state index < -0.39 is 69.7 Å². The summed E-state index contributed by atoms with van der Waals surface area (Å²) in [4.78, 5) is 38.8. The third-order valence-electron chi connectivity index (χ3n) is 16.1. The highest BCUT2D eigenvalue weighted by atomic mass is 16.8. The molecule has 0 saturated carbocycles. The van der Waals surface area contributed by atoms with Gasteiger partial charge in [0.25, 0.3) is 5.69 Å². The summed E-state index contributed by atoms with van der Waals surface area (Å²) in [7, 11) is 0. The summed E-state index contributed by atoms with van der Waals surface area (Å²) in [6.45, 7) is 20.0. The van der Waals surface area contributed by atoms with Crippen LogP contribution in [0.2, 0.25) is 0 Å². The molecule has 1 aromatic rings. The Balaban J connectivity index is 1.11. The molecule has 14 heteroatoms. The van der Waals surface area contributed by atoms with E-state index in [1.807, 2.05) is 41.5 Å². The lowest BCUT2D eigenvalue weighted by atomic mass is 9.72. The van der Waals surface area contributed by atoms with Crippen LogP contribution in [-0.2, 0) is 39.8 Å². The van der Waals surface area contributed by atoms with Crippen LogP contribution in [0.15, 0.2) is 36.4 Å². The number of carbonyl (C=O) groups excluding carboxylic acids is 2. The molecule has 354 valence electrons. The van der Waals surface area contributed by atoms with Gasteiger partial charge in [0.2, 0.25) is 11.7 Å². The SMILES string of the molecule is CC[C@@H](C(=O)[C@@H](C)[C@@H](O)[C@H](C)[C@@H]1O[C@@H]([C@@H](CC)C(=O)NCc2ccc([N+](=O)[O-])cc2)CC[C@@H]1C)[C@H]1O[C@@]2(C=C[C@@H](O)[C@@]3(CC[C@@](C)([C@H]4CC[C@](O)(CC)[C@H](C)O4)O3)O2)[C@H](C)C[C@@H]1C. The van der Waals surface area contributed by atoms with Crippen LogP contribution in [0.4, 0.5) is 5.69 Å². The number of rotatable bonds is 15. The van der Waals surface area contributed by atoms with Crippen molar-refractivity contribution in [2.75, 3.05) is 0 Å². The zero-order valence-corrected chi connectivity index (χ0v) is 39.3. The van der Waals surface area contributed by atoms with Gasteiger partial charge in [-0.3, -0.25) is 19.7 Å². The van der Waals surface area contributed by atoms with E-state index >= 15 is 0 Å². The summed E-state index contributed by atoms with van der Waals surface area (Å²) in [5, 5.41) is 48.6. The number of hydrogen-bond acceptors (Lipinski definition) is 12. The first-order chi connectivity index (χ1) is 29.7. The van der Waals surface area contributed by atoms with Gasteiger partial charge in [0.05, 0.1) is 58.7 Å². The van der Waals surface area contributed by atoms with Crippen LogP contribution < -0.4 is 5.32 Å². The van der Waals surface area contributed by atoms with E-state index in [9.17, 15) is 35.0 Å². The molecule has 5 aliphatic rings. The molecule has 6 rings (SSSR count). The Morgan fingerprint density at radius 3 is 2.22 bits per heavy atom. The predicted molar refractivity (Wildman–Crippen MR) is 236 cm³/mol. The second-order valence-corrected chi connectivity index (χ2v) is 20.2. The maximum atomic E-state index is 14.7. The van der Waals surface area contributed by atoms with E-state index in [-0.39, 0.29) is 66.1 Å². The average molecular weight is 885 g/mol. The predicted octanol–water partition coefficient (Wildman–Crippen LogP) is 7.33. The molecule has 14 nitrogen and oxygen atoms in total. The topological polar surface area (TPSA) is 196 Å². The molecule has 0 bridgehead atoms. The smallest absolute Gasteiger partial charge is 0.269 e. The Morgan fingerprint density at radius 1 is 0.921 bits per heavy atom. The number of aliphatic hydroxyl groups excluding tert-OH is 2. The van der Waals surface area contributed by atoms with Gasteiger partial charge in [-0.25, -0.2) is 0 Å². The van der Waals surface area contributed by atoms with E-state index in [0.29, 0.717) is 57.8 Å². The van der Waals surface area contributed by atoms with Crippen molar-refractivity contribution < 1.29 is 53.5 Å². The number of ketones is 1. The number of hydrogen-bond donors (Lipinski definition) is 4. The summed E-state index contributed by atoms with van der Waals surface area (Å²) < 4.78 is 33.9. The molecule has 4 fully saturated rings. The fourth-order valence-corrected chi connectivity index (χ4v) is 11.6. The second-order valence-electron chi connectivity index (χ2n) is 20.2. The number of Topliss-reactive ketones (excluding diaryl/α,β-unsaturated/α-hetero) is 1. The molecule has 1 amide bonds. The van der Waals surface area contributed by atoms with Gasteiger partial charge in [0.15, 0.2) is 5.79 Å². The van der Waals surface area contributed by atoms with Crippen molar-refractivity contribution in [1.82, 2.24) is 5.32 Å². The highest BCUT2D eigenvalue weighted by Crippen LogP contribution is 2.54. The van der Waals surface area contributed by atoms with Crippen molar-refractivity contribution in [3.63, 3.8) is 0 Å². The zero-order chi connectivity index (χ0) is 46.2. The van der Waals surface area contributed by atoms with Crippen molar-refractivity contribution in [3.05, 3.63) is 52.1 Å². The summed E-state index contributed by atoms with van der Waals surface area (Å²) in [5.41, 5.74) is -0.922. The summed E-state index contributed by atoms with van der Waals surface area (Å²) in [6.07, 6.45) is 5.46. The van der Waals surface area contributed by atoms with Crippen molar-refractivity contribution in [2.24, 2.45) is 41.4 Å². The zero-order valence-electron chi connectivity index (χ0n) is 39.3. The number of benzene rings is 1. The van der Waals surface area contributed by atoms with E-state index in [2.05, 4.69) is 26.1 Å². The van der Waals surface area contributed by atoms with E-state index in [0.717, 1.165) is 12.0 Å². The number of ether oxygens (including phenoxy) is 5. The lowest BCUT2D eigenvalue weighted by molar-refractivity contribution is -0.409. The second kappa shape index (κ2) is 19.6. The van der Waals surface area contributed by atoms with Crippen LogP contribution in [-0.4, -0.2) is 97.4 Å². The average Bonchev–Trinajstić information content (AvgIpc) is 3.61. The molecule has 63 heavy (non-hydrogen) atoms. The van der Waals surface area contributed by atoms with Crippen molar-refractivity contribution in [1.29, 1.82) is 0 Å². The number of nitrogens with one attached hydrogen (secondary N) is 1. The third-order valence-corrected chi connectivity index (χ3v) is 16.1. The van der Waals surface area contributed by atoms with Crippen molar-refractivity contribution >= 4 is 17.4 Å². The number of carbonyl (C=O) groups is 2. The van der Waals surface area contributed by atoms with Gasteiger partial charge in [-0.1, -0.05) is 67.5 Å². The highest BCUT2D eigenvalue weighted by Gasteiger charge is 2.63. The minimum atomic E-state index is -1.39. The molecule has 4 saturated heterocycles. The van der Waals surface area contributed by atoms with E-state index in [1.54, 1.807) is 31.2 Å². The first-order valence-electron chi connectivity index (χ1n) is 23.9. The quantitative estimate of drug-likeness (QED) is 0.0779. The van der Waals surface area contributed by atoms with Gasteiger partial charge in [-0.2, -0.15) is 0 Å². The number of aliphatic hydroxyl groups is 3. The summed E-state index contributed by atoms with van der Waals surface area (Å²) in [5.74, 6) is -5.09. The van der Waals surface area contributed by atoms with E-state index in [4.69, 9.17) is 23.7 Å². The fourth-order valence-electron chi connectivity index (χ4n) is 11.6. The molecule has 1 aromatic carbocycles. The minimum absolute atomic E-state index is 0.00900. The molecule has 4 N–H and O–H groups in total. The molecule has 0 aromatic heterocycles. The Labute approximate surface area is 374 Å². The Morgan fingerprint density at radius 2 is 1.60 bits per heavy atom. The van der Waals surface area contributed by atoms with Gasteiger partial charge < -0.3 is 44.3 Å². The van der Waals surface area contributed by atoms with Crippen LogP contribution >= 0.6 is 0 Å². The summed E-state index contributed by atoms with van der Waals surface area (Å²) in [6, 6.07) is 6.10. The van der Waals surface area contributed by atoms with E-state index in [1.165, 1.54) is 12.1 Å². The number of nitrogens with zero attached hydrogens (tertiary/aromatic N) is 1. The molecule has 18 atom stereocenters. The molecular formula is C49H76N2O12. The Bertz CT molecular complexity index is 1790. The Kier molecular flexibility index (Phi) is 15.4.